The van der Waals surface area contributed by atoms with Crippen LogP contribution in [-0.2, 0) is 6.42 Å². The van der Waals surface area contributed by atoms with Crippen molar-refractivity contribution in [1.29, 1.82) is 0 Å². The summed E-state index contributed by atoms with van der Waals surface area (Å²) < 4.78 is 11.2. The van der Waals surface area contributed by atoms with Crippen LogP contribution in [0.3, 0.4) is 0 Å². The minimum atomic E-state index is -0.264. The number of benzene rings is 3. The van der Waals surface area contributed by atoms with Crippen LogP contribution in [0, 0.1) is 6.92 Å². The molecule has 1 atom stereocenters. The lowest BCUT2D eigenvalue weighted by molar-refractivity contribution is 0.404. The minimum Gasteiger partial charge on any atom is -0.497 e. The predicted molar refractivity (Wildman–Crippen MR) is 147 cm³/mol. The number of ether oxygens (including phenoxy) is 1. The van der Waals surface area contributed by atoms with Gasteiger partial charge in [0.05, 0.1) is 18.7 Å². The lowest BCUT2D eigenvalue weighted by Gasteiger charge is -2.37. The van der Waals surface area contributed by atoms with Crippen molar-refractivity contribution in [3.63, 3.8) is 0 Å². The van der Waals surface area contributed by atoms with Gasteiger partial charge in [-0.15, -0.1) is 0 Å². The lowest BCUT2D eigenvalue weighted by Crippen LogP contribution is -2.46. The van der Waals surface area contributed by atoms with Crippen molar-refractivity contribution in [2.75, 3.05) is 12.0 Å². The van der Waals surface area contributed by atoms with E-state index in [0.717, 1.165) is 40.3 Å². The fourth-order valence-corrected chi connectivity index (χ4v) is 4.81. The van der Waals surface area contributed by atoms with Crippen LogP contribution in [0.1, 0.15) is 42.5 Å². The van der Waals surface area contributed by atoms with Gasteiger partial charge in [0.15, 0.2) is 5.11 Å². The van der Waals surface area contributed by atoms with Gasteiger partial charge in [0, 0.05) is 16.9 Å². The van der Waals surface area contributed by atoms with Gasteiger partial charge >= 0.3 is 0 Å². The monoisotopic (exact) mass is 496 g/mol. The average molecular weight is 497 g/mol. The Hall–Kier alpha value is -3.97. The Labute approximate surface area is 216 Å². The number of rotatable bonds is 6. The van der Waals surface area contributed by atoms with Crippen LogP contribution < -0.4 is 15.0 Å². The van der Waals surface area contributed by atoms with Gasteiger partial charge < -0.3 is 14.6 Å². The SMILES string of the molecule is CCc1cccc(N2C(=S)NC(c3ccc(OC)cc3)C(c3nc(-c4ccc(C)cc4)no3)=C2C)c1. The highest BCUT2D eigenvalue weighted by Gasteiger charge is 2.34. The van der Waals surface area contributed by atoms with Gasteiger partial charge in [-0.25, -0.2) is 0 Å². The molecule has 2 heterocycles. The van der Waals surface area contributed by atoms with Crippen molar-refractivity contribution in [3.8, 4) is 17.1 Å². The Morgan fingerprint density at radius 3 is 2.47 bits per heavy atom. The highest BCUT2D eigenvalue weighted by atomic mass is 32.1. The van der Waals surface area contributed by atoms with E-state index in [0.29, 0.717) is 16.8 Å². The number of hydrogen-bond acceptors (Lipinski definition) is 5. The fraction of sp³-hybridized carbons (Fsp3) is 0.207. The summed E-state index contributed by atoms with van der Waals surface area (Å²) in [5, 5.41) is 8.44. The molecule has 0 amide bonds. The third kappa shape index (κ3) is 4.50. The summed E-state index contributed by atoms with van der Waals surface area (Å²) >= 11 is 5.88. The number of aromatic nitrogens is 2. The molecule has 0 fully saturated rings. The zero-order chi connectivity index (χ0) is 25.2. The van der Waals surface area contributed by atoms with E-state index in [4.69, 9.17) is 26.5 Å². The van der Waals surface area contributed by atoms with Crippen LogP contribution in [-0.4, -0.2) is 22.4 Å². The van der Waals surface area contributed by atoms with Crippen molar-refractivity contribution >= 4 is 28.6 Å². The molecule has 1 unspecified atom stereocenters. The van der Waals surface area contributed by atoms with Gasteiger partial charge in [-0.2, -0.15) is 4.98 Å². The van der Waals surface area contributed by atoms with E-state index in [1.807, 2.05) is 60.4 Å². The minimum absolute atomic E-state index is 0.264. The summed E-state index contributed by atoms with van der Waals surface area (Å²) in [4.78, 5) is 6.85. The van der Waals surface area contributed by atoms with Crippen LogP contribution >= 0.6 is 12.2 Å². The molecule has 182 valence electrons. The highest BCUT2D eigenvalue weighted by Crippen LogP contribution is 2.39. The maximum Gasteiger partial charge on any atom is 0.258 e. The second-order valence-corrected chi connectivity index (χ2v) is 9.19. The summed E-state index contributed by atoms with van der Waals surface area (Å²) in [6.07, 6.45) is 0.940. The molecule has 36 heavy (non-hydrogen) atoms. The van der Waals surface area contributed by atoms with E-state index < -0.39 is 0 Å². The van der Waals surface area contributed by atoms with Crippen molar-refractivity contribution in [3.05, 3.63) is 101 Å². The van der Waals surface area contributed by atoms with Crippen LogP contribution in [0.25, 0.3) is 17.0 Å². The molecule has 0 bridgehead atoms. The Kier molecular flexibility index (Phi) is 6.57. The van der Waals surface area contributed by atoms with Gasteiger partial charge in [0.25, 0.3) is 5.89 Å². The van der Waals surface area contributed by atoms with Crippen LogP contribution in [0.15, 0.2) is 83.0 Å². The second-order valence-electron chi connectivity index (χ2n) is 8.80. The molecule has 0 saturated heterocycles. The standard InChI is InChI=1S/C29H28N4O2S/c1-5-20-7-6-8-23(17-20)33-19(3)25(26(30-29(33)36)21-13-15-24(34-4)16-14-21)28-31-27(32-35-28)22-11-9-18(2)10-12-22/h6-17,26H,5H2,1-4H3,(H,30,36). The Balaban J connectivity index is 1.64. The number of thiocarbonyl (C=S) groups is 1. The van der Waals surface area contributed by atoms with Gasteiger partial charge in [-0.3, -0.25) is 4.90 Å². The number of nitrogens with zero attached hydrogens (tertiary/aromatic N) is 3. The average Bonchev–Trinajstić information content (AvgIpc) is 3.38. The number of allylic oxidation sites excluding steroid dienone is 1. The highest BCUT2D eigenvalue weighted by molar-refractivity contribution is 7.80. The summed E-state index contributed by atoms with van der Waals surface area (Å²) in [6, 6.07) is 24.2. The molecule has 0 radical (unpaired) electrons. The molecule has 1 aliphatic rings. The summed E-state index contributed by atoms with van der Waals surface area (Å²) in [5.41, 5.74) is 7.14. The molecule has 6 nitrogen and oxygen atoms in total. The molecular formula is C29H28N4O2S. The first-order chi connectivity index (χ1) is 17.5. The van der Waals surface area contributed by atoms with E-state index in [9.17, 15) is 0 Å². The first kappa shape index (κ1) is 23.8. The first-order valence-electron chi connectivity index (χ1n) is 11.9. The number of anilines is 1. The van der Waals surface area contributed by atoms with Crippen molar-refractivity contribution in [2.24, 2.45) is 0 Å². The second kappa shape index (κ2) is 9.95. The molecule has 3 aromatic carbocycles. The molecule has 0 saturated carbocycles. The zero-order valence-electron chi connectivity index (χ0n) is 20.8. The Morgan fingerprint density at radius 1 is 1.03 bits per heavy atom. The molecule has 4 aromatic rings. The Morgan fingerprint density at radius 2 is 1.78 bits per heavy atom. The normalized spacial score (nSPS) is 15.7. The molecule has 5 rings (SSSR count). The third-order valence-corrected chi connectivity index (χ3v) is 6.78. The van der Waals surface area contributed by atoms with Gasteiger partial charge in [0.2, 0.25) is 5.82 Å². The van der Waals surface area contributed by atoms with Crippen LogP contribution in [0.5, 0.6) is 5.75 Å². The smallest absolute Gasteiger partial charge is 0.258 e. The third-order valence-electron chi connectivity index (χ3n) is 6.48. The van der Waals surface area contributed by atoms with Crippen LogP contribution in [0.2, 0.25) is 0 Å². The molecule has 0 aliphatic carbocycles. The Bertz CT molecular complexity index is 1420. The maximum atomic E-state index is 5.88. The summed E-state index contributed by atoms with van der Waals surface area (Å²) in [7, 11) is 1.66. The van der Waals surface area contributed by atoms with E-state index >= 15 is 0 Å². The van der Waals surface area contributed by atoms with E-state index in [-0.39, 0.29) is 6.04 Å². The van der Waals surface area contributed by atoms with E-state index in [1.165, 1.54) is 11.1 Å². The fourth-order valence-electron chi connectivity index (χ4n) is 4.45. The van der Waals surface area contributed by atoms with Gasteiger partial charge in [-0.05, 0) is 67.9 Å². The van der Waals surface area contributed by atoms with Crippen molar-refractivity contribution in [2.45, 2.75) is 33.2 Å². The predicted octanol–water partition coefficient (Wildman–Crippen LogP) is 6.48. The number of methoxy groups -OCH3 is 1. The largest absolute Gasteiger partial charge is 0.497 e. The first-order valence-corrected chi connectivity index (χ1v) is 12.3. The molecule has 1 N–H and O–H groups in total. The summed E-state index contributed by atoms with van der Waals surface area (Å²) in [6.45, 7) is 6.25. The molecule has 1 aliphatic heterocycles. The summed E-state index contributed by atoms with van der Waals surface area (Å²) in [5.74, 6) is 1.79. The topological polar surface area (TPSA) is 63.4 Å². The number of aryl methyl sites for hydroxylation is 2. The van der Waals surface area contributed by atoms with E-state index in [2.05, 4.69) is 48.6 Å². The number of nitrogens with one attached hydrogen (secondary N) is 1. The molecule has 1 aromatic heterocycles. The zero-order valence-corrected chi connectivity index (χ0v) is 21.6. The molecule has 7 heteroatoms. The van der Waals surface area contributed by atoms with Crippen LogP contribution in [0.4, 0.5) is 5.69 Å². The van der Waals surface area contributed by atoms with Gasteiger partial charge in [-0.1, -0.05) is 66.2 Å². The van der Waals surface area contributed by atoms with Crippen molar-refractivity contribution in [1.82, 2.24) is 15.5 Å². The maximum absolute atomic E-state index is 5.88. The lowest BCUT2D eigenvalue weighted by atomic mass is 9.94. The number of hydrogen-bond donors (Lipinski definition) is 1. The van der Waals surface area contributed by atoms with Crippen molar-refractivity contribution < 1.29 is 9.26 Å². The van der Waals surface area contributed by atoms with Gasteiger partial charge in [0.1, 0.15) is 5.75 Å². The quantitative estimate of drug-likeness (QED) is 0.306. The molecule has 0 spiro atoms. The van der Waals surface area contributed by atoms with E-state index in [1.54, 1.807) is 7.11 Å². The molecular weight excluding hydrogens is 468 g/mol.